The predicted molar refractivity (Wildman–Crippen MR) is 71.6 cm³/mol. The fourth-order valence-electron chi connectivity index (χ4n) is 2.17. The lowest BCUT2D eigenvalue weighted by Gasteiger charge is -2.38. The first kappa shape index (κ1) is 13.1. The Morgan fingerprint density at radius 2 is 2.12 bits per heavy atom. The van der Waals surface area contributed by atoms with Crippen molar-refractivity contribution >= 4 is 23.2 Å². The molecule has 1 atom stereocenters. The molecular formula is C12H17Cl2N3. The summed E-state index contributed by atoms with van der Waals surface area (Å²) in [5.74, 6) is 0. The molecule has 17 heavy (non-hydrogen) atoms. The van der Waals surface area contributed by atoms with E-state index in [4.69, 9.17) is 23.2 Å². The lowest BCUT2D eigenvalue weighted by atomic mass is 10.2. The summed E-state index contributed by atoms with van der Waals surface area (Å²) in [5.41, 5.74) is 0.871. The molecule has 1 unspecified atom stereocenters. The predicted octanol–water partition coefficient (Wildman–Crippen LogP) is 2.52. The molecule has 1 aliphatic heterocycles. The van der Waals surface area contributed by atoms with Gasteiger partial charge >= 0.3 is 0 Å². The van der Waals surface area contributed by atoms with Gasteiger partial charge in [0, 0.05) is 32.2 Å². The van der Waals surface area contributed by atoms with Crippen molar-refractivity contribution in [3.8, 4) is 0 Å². The summed E-state index contributed by atoms with van der Waals surface area (Å²) in [7, 11) is 2.15. The number of hydrogen-bond acceptors (Lipinski definition) is 3. The summed E-state index contributed by atoms with van der Waals surface area (Å²) in [6.07, 6.45) is 0. The number of aromatic nitrogens is 1. The Labute approximate surface area is 112 Å². The van der Waals surface area contributed by atoms with Gasteiger partial charge in [0.05, 0.1) is 10.7 Å². The average Bonchev–Trinajstić information content (AvgIpc) is 2.27. The number of pyridine rings is 1. The molecule has 0 saturated carbocycles. The SMILES string of the molecule is CC1CN(C)CCN1Cc1nc(Cl)ccc1Cl. The van der Waals surface area contributed by atoms with E-state index in [1.165, 1.54) is 0 Å². The molecule has 0 aliphatic carbocycles. The fourth-order valence-corrected chi connectivity index (χ4v) is 2.50. The van der Waals surface area contributed by atoms with E-state index >= 15 is 0 Å². The molecule has 1 fully saturated rings. The topological polar surface area (TPSA) is 19.4 Å². The van der Waals surface area contributed by atoms with Gasteiger partial charge in [-0.25, -0.2) is 4.98 Å². The standard InChI is InChI=1S/C12H17Cl2N3/c1-9-7-16(2)5-6-17(9)8-11-10(13)3-4-12(14)15-11/h3-4,9H,5-8H2,1-2H3. The Morgan fingerprint density at radius 3 is 2.82 bits per heavy atom. The van der Waals surface area contributed by atoms with Gasteiger partial charge in [-0.05, 0) is 26.1 Å². The van der Waals surface area contributed by atoms with Gasteiger partial charge in [-0.3, -0.25) is 4.90 Å². The van der Waals surface area contributed by atoms with E-state index < -0.39 is 0 Å². The summed E-state index contributed by atoms with van der Waals surface area (Å²) in [4.78, 5) is 9.03. The molecule has 0 aromatic carbocycles. The van der Waals surface area contributed by atoms with Crippen LogP contribution in [-0.2, 0) is 6.54 Å². The van der Waals surface area contributed by atoms with Gasteiger partial charge in [-0.15, -0.1) is 0 Å². The van der Waals surface area contributed by atoms with Crippen LogP contribution in [-0.4, -0.2) is 47.5 Å². The first-order chi connectivity index (χ1) is 8.06. The highest BCUT2D eigenvalue weighted by Gasteiger charge is 2.22. The van der Waals surface area contributed by atoms with E-state index in [0.717, 1.165) is 31.9 Å². The third-order valence-corrected chi connectivity index (χ3v) is 3.76. The van der Waals surface area contributed by atoms with Crippen molar-refractivity contribution < 1.29 is 0 Å². The van der Waals surface area contributed by atoms with Crippen LogP contribution in [0.2, 0.25) is 10.2 Å². The van der Waals surface area contributed by atoms with E-state index in [9.17, 15) is 0 Å². The molecular weight excluding hydrogens is 257 g/mol. The van der Waals surface area contributed by atoms with Gasteiger partial charge in [0.15, 0.2) is 0 Å². The third-order valence-electron chi connectivity index (χ3n) is 3.21. The van der Waals surface area contributed by atoms with E-state index in [2.05, 4.69) is 28.8 Å². The van der Waals surface area contributed by atoms with Gasteiger partial charge in [0.1, 0.15) is 5.15 Å². The van der Waals surface area contributed by atoms with Crippen LogP contribution in [0.5, 0.6) is 0 Å². The largest absolute Gasteiger partial charge is 0.304 e. The number of nitrogens with zero attached hydrogens (tertiary/aromatic N) is 3. The lowest BCUT2D eigenvalue weighted by molar-refractivity contribution is 0.0927. The zero-order chi connectivity index (χ0) is 12.4. The molecule has 94 valence electrons. The molecule has 1 saturated heterocycles. The van der Waals surface area contributed by atoms with Crippen LogP contribution in [0, 0.1) is 0 Å². The molecule has 3 nitrogen and oxygen atoms in total. The maximum Gasteiger partial charge on any atom is 0.129 e. The summed E-state index contributed by atoms with van der Waals surface area (Å²) in [6, 6.07) is 4.05. The van der Waals surface area contributed by atoms with Crippen molar-refractivity contribution in [3.05, 3.63) is 28.0 Å². The summed E-state index contributed by atoms with van der Waals surface area (Å²) < 4.78 is 0. The molecule has 0 bridgehead atoms. The van der Waals surface area contributed by atoms with Crippen LogP contribution in [0.1, 0.15) is 12.6 Å². The number of rotatable bonds is 2. The first-order valence-corrected chi connectivity index (χ1v) is 6.55. The fraction of sp³-hybridized carbons (Fsp3) is 0.583. The van der Waals surface area contributed by atoms with Crippen molar-refractivity contribution in [2.75, 3.05) is 26.7 Å². The molecule has 5 heteroatoms. The van der Waals surface area contributed by atoms with Crippen molar-refractivity contribution in [3.63, 3.8) is 0 Å². The smallest absolute Gasteiger partial charge is 0.129 e. The minimum atomic E-state index is 0.506. The third kappa shape index (κ3) is 3.32. The van der Waals surface area contributed by atoms with Gasteiger partial charge < -0.3 is 4.90 Å². The number of halogens is 2. The summed E-state index contributed by atoms with van der Waals surface area (Å²) >= 11 is 12.0. The van der Waals surface area contributed by atoms with Crippen molar-refractivity contribution in [2.24, 2.45) is 0 Å². The minimum absolute atomic E-state index is 0.506. The van der Waals surface area contributed by atoms with Gasteiger partial charge in [0.2, 0.25) is 0 Å². The Morgan fingerprint density at radius 1 is 1.35 bits per heavy atom. The zero-order valence-corrected chi connectivity index (χ0v) is 11.7. The Hall–Kier alpha value is -0.350. The normalized spacial score (nSPS) is 22.9. The lowest BCUT2D eigenvalue weighted by Crippen LogP contribution is -2.49. The minimum Gasteiger partial charge on any atom is -0.304 e. The monoisotopic (exact) mass is 273 g/mol. The molecule has 0 amide bonds. The van der Waals surface area contributed by atoms with E-state index in [1.807, 2.05) is 6.07 Å². The second-order valence-corrected chi connectivity index (χ2v) is 5.44. The van der Waals surface area contributed by atoms with Crippen LogP contribution in [0.15, 0.2) is 12.1 Å². The van der Waals surface area contributed by atoms with Gasteiger partial charge in [-0.2, -0.15) is 0 Å². The second kappa shape index (κ2) is 5.53. The summed E-state index contributed by atoms with van der Waals surface area (Å²) in [6.45, 7) is 6.21. The van der Waals surface area contributed by atoms with Crippen LogP contribution >= 0.6 is 23.2 Å². The molecule has 1 aromatic heterocycles. The van der Waals surface area contributed by atoms with Crippen LogP contribution in [0.4, 0.5) is 0 Å². The molecule has 0 N–H and O–H groups in total. The Kier molecular flexibility index (Phi) is 4.26. The number of hydrogen-bond donors (Lipinski definition) is 0. The number of likely N-dealkylation sites (N-methyl/N-ethyl adjacent to an activating group) is 1. The first-order valence-electron chi connectivity index (χ1n) is 5.80. The Bertz CT molecular complexity index is 397. The molecule has 1 aromatic rings. The van der Waals surface area contributed by atoms with Crippen LogP contribution in [0.3, 0.4) is 0 Å². The van der Waals surface area contributed by atoms with E-state index in [1.54, 1.807) is 6.07 Å². The maximum absolute atomic E-state index is 6.13. The van der Waals surface area contributed by atoms with Gasteiger partial charge in [-0.1, -0.05) is 23.2 Å². The Balaban J connectivity index is 2.07. The molecule has 2 rings (SSSR count). The van der Waals surface area contributed by atoms with Crippen molar-refractivity contribution in [1.82, 2.24) is 14.8 Å². The second-order valence-electron chi connectivity index (χ2n) is 4.64. The highest BCUT2D eigenvalue weighted by Crippen LogP contribution is 2.20. The average molecular weight is 274 g/mol. The molecule has 0 spiro atoms. The zero-order valence-electron chi connectivity index (χ0n) is 10.2. The maximum atomic E-state index is 6.13. The van der Waals surface area contributed by atoms with Crippen LogP contribution < -0.4 is 0 Å². The van der Waals surface area contributed by atoms with Gasteiger partial charge in [0.25, 0.3) is 0 Å². The number of piperazine rings is 1. The molecule has 1 aliphatic rings. The highest BCUT2D eigenvalue weighted by atomic mass is 35.5. The molecule has 2 heterocycles. The van der Waals surface area contributed by atoms with E-state index in [0.29, 0.717) is 16.2 Å². The van der Waals surface area contributed by atoms with Crippen molar-refractivity contribution in [1.29, 1.82) is 0 Å². The van der Waals surface area contributed by atoms with Crippen LogP contribution in [0.25, 0.3) is 0 Å². The summed E-state index contributed by atoms with van der Waals surface area (Å²) in [5, 5.41) is 1.20. The van der Waals surface area contributed by atoms with Crippen molar-refractivity contribution in [2.45, 2.75) is 19.5 Å². The highest BCUT2D eigenvalue weighted by molar-refractivity contribution is 6.32. The quantitative estimate of drug-likeness (QED) is 0.772. The molecule has 0 radical (unpaired) electrons. The van der Waals surface area contributed by atoms with E-state index in [-0.39, 0.29) is 0 Å².